The fourth-order valence-electron chi connectivity index (χ4n) is 8.33. The summed E-state index contributed by atoms with van der Waals surface area (Å²) in [6.45, 7) is 2.31. The van der Waals surface area contributed by atoms with E-state index in [4.69, 9.17) is 25.8 Å². The van der Waals surface area contributed by atoms with Crippen LogP contribution in [0.15, 0.2) is 71.7 Å². The van der Waals surface area contributed by atoms with Gasteiger partial charge in [0.15, 0.2) is 5.16 Å². The lowest BCUT2D eigenvalue weighted by atomic mass is 9.66. The number of carbonyl (C=O) groups is 1. The first-order valence-corrected chi connectivity index (χ1v) is 18.3. The zero-order valence-corrected chi connectivity index (χ0v) is 28.9. The largest absolute Gasteiger partial charge is 0.490 e. The zero-order valence-electron chi connectivity index (χ0n) is 27.3. The van der Waals surface area contributed by atoms with Gasteiger partial charge in [0.2, 0.25) is 0 Å². The number of fused-ring (bicyclic) bond motifs is 3. The molecule has 248 valence electrons. The second kappa shape index (κ2) is 14.2. The van der Waals surface area contributed by atoms with Crippen LogP contribution in [0, 0.1) is 17.8 Å². The molecule has 4 aliphatic rings. The van der Waals surface area contributed by atoms with Gasteiger partial charge in [-0.2, -0.15) is 0 Å². The molecule has 9 heteroatoms. The van der Waals surface area contributed by atoms with E-state index in [9.17, 15) is 4.79 Å². The van der Waals surface area contributed by atoms with Crippen molar-refractivity contribution < 1.29 is 19.0 Å². The first kappa shape index (κ1) is 32.5. The van der Waals surface area contributed by atoms with E-state index in [0.717, 1.165) is 85.4 Å². The van der Waals surface area contributed by atoms with Gasteiger partial charge in [0, 0.05) is 48.8 Å². The minimum Gasteiger partial charge on any atom is -0.490 e. The first-order valence-electron chi connectivity index (χ1n) is 17.0. The standard InChI is InChI=1S/C38H44ClN3O4S/c1-44-35(26-8-6-25(7-9-26)22-47-37-40-17-4-18-41-37)31-13-10-29(31)21-42-23-38(16-3-5-27-19-30(39)12-14-32(27)38)24-46-34-15-11-28(20-33(34)42)36(43)45-2/h4,8,11-12,14-15,17-20,25,29,31,35H,3,5-7,9-10,13,16,21-24H2,1-2H3/t25-,29+,31-,35?,38+/m1/s1. The summed E-state index contributed by atoms with van der Waals surface area (Å²) in [5.41, 5.74) is 5.49. The number of thioether (sulfide) groups is 1. The molecule has 0 radical (unpaired) electrons. The Kier molecular flexibility index (Phi) is 9.81. The van der Waals surface area contributed by atoms with E-state index in [1.165, 1.54) is 30.2 Å². The van der Waals surface area contributed by atoms with Crippen LogP contribution in [0.25, 0.3) is 0 Å². The number of allylic oxidation sites excluding steroid dienone is 1. The van der Waals surface area contributed by atoms with Gasteiger partial charge in [0.05, 0.1) is 31.1 Å². The first-order chi connectivity index (χ1) is 23.0. The maximum Gasteiger partial charge on any atom is 0.337 e. The van der Waals surface area contributed by atoms with Gasteiger partial charge < -0.3 is 19.1 Å². The van der Waals surface area contributed by atoms with E-state index in [0.29, 0.717) is 29.9 Å². The zero-order chi connectivity index (χ0) is 32.4. The Bertz CT molecular complexity index is 1620. The van der Waals surface area contributed by atoms with Crippen LogP contribution in [0.4, 0.5) is 5.69 Å². The van der Waals surface area contributed by atoms with Crippen molar-refractivity contribution in [2.24, 2.45) is 17.8 Å². The molecule has 1 aromatic heterocycles. The fourth-order valence-corrected chi connectivity index (χ4v) is 9.49. The van der Waals surface area contributed by atoms with E-state index in [2.05, 4.69) is 33.1 Å². The normalized spacial score (nSPS) is 25.8. The van der Waals surface area contributed by atoms with Crippen LogP contribution in [0.5, 0.6) is 5.75 Å². The summed E-state index contributed by atoms with van der Waals surface area (Å²) < 4.78 is 18.0. The summed E-state index contributed by atoms with van der Waals surface area (Å²) >= 11 is 8.21. The molecular weight excluding hydrogens is 630 g/mol. The highest BCUT2D eigenvalue weighted by Crippen LogP contribution is 2.48. The van der Waals surface area contributed by atoms with Gasteiger partial charge in [-0.15, -0.1) is 0 Å². The van der Waals surface area contributed by atoms with Crippen molar-refractivity contribution in [2.45, 2.75) is 68.0 Å². The molecule has 7 nitrogen and oxygen atoms in total. The SMILES string of the molecule is COC(=O)c1ccc2c(c1)N(C[C@@H]1CC[C@H]1C(OC)C1=CC[C@@H](CSc3ncccn3)CC1)C[C@@]1(CCCc3cc(Cl)ccc31)CO2. The minimum absolute atomic E-state index is 0.135. The third kappa shape index (κ3) is 6.79. The number of aryl methyl sites for hydroxylation is 1. The topological polar surface area (TPSA) is 73.8 Å². The number of carbonyl (C=O) groups excluding carboxylic acids is 1. The summed E-state index contributed by atoms with van der Waals surface area (Å²) in [7, 11) is 3.32. The smallest absolute Gasteiger partial charge is 0.337 e. The van der Waals surface area contributed by atoms with Gasteiger partial charge in [-0.05, 0) is 122 Å². The number of anilines is 1. The lowest BCUT2D eigenvalue weighted by Crippen LogP contribution is -2.50. The van der Waals surface area contributed by atoms with Gasteiger partial charge in [-0.3, -0.25) is 0 Å². The number of hydrogen-bond acceptors (Lipinski definition) is 8. The number of hydrogen-bond donors (Lipinski definition) is 0. The number of benzene rings is 2. The molecule has 5 atom stereocenters. The lowest BCUT2D eigenvalue weighted by molar-refractivity contribution is 0.00323. The molecule has 47 heavy (non-hydrogen) atoms. The Labute approximate surface area is 287 Å². The molecule has 0 N–H and O–H groups in total. The predicted octanol–water partition coefficient (Wildman–Crippen LogP) is 7.95. The molecule has 3 aliphatic carbocycles. The molecule has 1 saturated carbocycles. The second-order valence-corrected chi connectivity index (χ2v) is 15.1. The van der Waals surface area contributed by atoms with Crippen molar-refractivity contribution in [3.63, 3.8) is 0 Å². The van der Waals surface area contributed by atoms with E-state index < -0.39 is 0 Å². The summed E-state index contributed by atoms with van der Waals surface area (Å²) in [5.74, 6) is 3.10. The van der Waals surface area contributed by atoms with Gasteiger partial charge in [0.25, 0.3) is 0 Å². The van der Waals surface area contributed by atoms with Gasteiger partial charge in [-0.1, -0.05) is 35.5 Å². The Hall–Kier alpha value is -3.07. The van der Waals surface area contributed by atoms with Crippen molar-refractivity contribution in [3.8, 4) is 5.75 Å². The van der Waals surface area contributed by atoms with Gasteiger partial charge in [-0.25, -0.2) is 14.8 Å². The Morgan fingerprint density at radius 2 is 2.00 bits per heavy atom. The maximum absolute atomic E-state index is 12.6. The molecule has 1 unspecified atom stereocenters. The third-order valence-electron chi connectivity index (χ3n) is 10.9. The molecule has 0 amide bonds. The molecule has 1 fully saturated rings. The number of nitrogens with zero attached hydrogens (tertiary/aromatic N) is 3. The van der Waals surface area contributed by atoms with E-state index in [1.54, 1.807) is 11.8 Å². The second-order valence-electron chi connectivity index (χ2n) is 13.7. The molecule has 3 aromatic rings. The predicted molar refractivity (Wildman–Crippen MR) is 187 cm³/mol. The molecule has 2 heterocycles. The van der Waals surface area contributed by atoms with Crippen molar-refractivity contribution >= 4 is 35.0 Å². The number of halogens is 1. The number of aromatic nitrogens is 2. The van der Waals surface area contributed by atoms with Crippen LogP contribution in [-0.2, 0) is 21.3 Å². The third-order valence-corrected chi connectivity index (χ3v) is 12.3. The molecule has 1 aliphatic heterocycles. The van der Waals surface area contributed by atoms with Crippen LogP contribution in [-0.4, -0.2) is 61.7 Å². The summed E-state index contributed by atoms with van der Waals surface area (Å²) in [4.78, 5) is 23.9. The lowest BCUT2D eigenvalue weighted by Gasteiger charge is -2.47. The van der Waals surface area contributed by atoms with Crippen molar-refractivity contribution in [3.05, 3.63) is 88.2 Å². The molecule has 2 aromatic carbocycles. The van der Waals surface area contributed by atoms with Crippen molar-refractivity contribution in [2.75, 3.05) is 44.6 Å². The average Bonchev–Trinajstić information content (AvgIpc) is 3.25. The Morgan fingerprint density at radius 1 is 1.13 bits per heavy atom. The molecule has 1 spiro atoms. The number of rotatable bonds is 9. The van der Waals surface area contributed by atoms with Crippen LogP contribution in [0.1, 0.15) is 66.4 Å². The van der Waals surface area contributed by atoms with Crippen LogP contribution >= 0.6 is 23.4 Å². The molecule has 0 bridgehead atoms. The van der Waals surface area contributed by atoms with Crippen LogP contribution < -0.4 is 9.64 Å². The van der Waals surface area contributed by atoms with Crippen LogP contribution in [0.3, 0.4) is 0 Å². The molecular formula is C38H44ClN3O4S. The maximum atomic E-state index is 12.6. The molecule has 0 saturated heterocycles. The molecule has 7 rings (SSSR count). The summed E-state index contributed by atoms with van der Waals surface area (Å²) in [6, 6.07) is 14.0. The summed E-state index contributed by atoms with van der Waals surface area (Å²) in [5, 5.41) is 1.64. The van der Waals surface area contributed by atoms with Crippen molar-refractivity contribution in [1.82, 2.24) is 9.97 Å². The number of methoxy groups -OCH3 is 2. The van der Waals surface area contributed by atoms with E-state index in [1.807, 2.05) is 49.8 Å². The highest BCUT2D eigenvalue weighted by atomic mass is 35.5. The highest BCUT2D eigenvalue weighted by Gasteiger charge is 2.45. The highest BCUT2D eigenvalue weighted by molar-refractivity contribution is 7.99. The quantitative estimate of drug-likeness (QED) is 0.0981. The Balaban J connectivity index is 1.11. The number of ether oxygens (including phenoxy) is 3. The number of esters is 1. The monoisotopic (exact) mass is 673 g/mol. The fraction of sp³-hybridized carbons (Fsp3) is 0.500. The van der Waals surface area contributed by atoms with Gasteiger partial charge >= 0.3 is 5.97 Å². The van der Waals surface area contributed by atoms with Crippen molar-refractivity contribution in [1.29, 1.82) is 0 Å². The van der Waals surface area contributed by atoms with E-state index in [-0.39, 0.29) is 17.5 Å². The average molecular weight is 674 g/mol. The van der Waals surface area contributed by atoms with Crippen LogP contribution in [0.2, 0.25) is 5.02 Å². The van der Waals surface area contributed by atoms with Gasteiger partial charge in [0.1, 0.15) is 5.75 Å². The Morgan fingerprint density at radius 3 is 2.74 bits per heavy atom. The minimum atomic E-state index is -0.331. The van der Waals surface area contributed by atoms with E-state index >= 15 is 0 Å². The summed E-state index contributed by atoms with van der Waals surface area (Å²) in [6.07, 6.45) is 15.0.